The Labute approximate surface area is 168 Å². The molecule has 0 bridgehead atoms. The quantitative estimate of drug-likeness (QED) is 0.533. The summed E-state index contributed by atoms with van der Waals surface area (Å²) < 4.78 is 33.3. The lowest BCUT2D eigenvalue weighted by Gasteiger charge is -2.08. The number of rotatable bonds is 5. The average Bonchev–Trinajstić information content (AvgIpc) is 3.19. The molecule has 0 aliphatic rings. The number of hydrogen-bond acceptors (Lipinski definition) is 6. The van der Waals surface area contributed by atoms with Gasteiger partial charge in [0.05, 0.1) is 4.90 Å². The fraction of sp³-hybridized carbons (Fsp3) is 0.0952. The van der Waals surface area contributed by atoms with E-state index in [0.29, 0.717) is 11.4 Å². The Morgan fingerprint density at radius 1 is 0.897 bits per heavy atom. The number of nitrogens with one attached hydrogen (secondary N) is 1. The first-order valence-corrected chi connectivity index (χ1v) is 10.4. The van der Waals surface area contributed by atoms with Gasteiger partial charge in [0.25, 0.3) is 15.9 Å². The van der Waals surface area contributed by atoms with Crippen molar-refractivity contribution in [1.82, 2.24) is 15.1 Å². The summed E-state index contributed by atoms with van der Waals surface area (Å²) in [6, 6.07) is 17.5. The van der Waals surface area contributed by atoms with E-state index in [-0.39, 0.29) is 16.6 Å². The van der Waals surface area contributed by atoms with Crippen LogP contribution in [0.3, 0.4) is 0 Å². The monoisotopic (exact) mass is 406 g/mol. The maximum Gasteiger partial charge on any atom is 0.263 e. The van der Waals surface area contributed by atoms with Crippen LogP contribution in [0.15, 0.2) is 76.3 Å². The van der Waals surface area contributed by atoms with Gasteiger partial charge in [-0.3, -0.25) is 4.72 Å². The highest BCUT2D eigenvalue weighted by atomic mass is 32.2. The number of sulfonamides is 1. The molecule has 4 aromatic rings. The lowest BCUT2D eigenvalue weighted by Crippen LogP contribution is -2.14. The van der Waals surface area contributed by atoms with Gasteiger partial charge >= 0.3 is 0 Å². The van der Waals surface area contributed by atoms with Crippen LogP contribution in [-0.2, 0) is 10.0 Å². The van der Waals surface area contributed by atoms with E-state index in [1.54, 1.807) is 30.5 Å². The predicted molar refractivity (Wildman–Crippen MR) is 110 cm³/mol. The Kier molecular flexibility index (Phi) is 4.85. The first-order chi connectivity index (χ1) is 13.9. The van der Waals surface area contributed by atoms with Gasteiger partial charge in [-0.1, -0.05) is 41.1 Å². The zero-order valence-corrected chi connectivity index (χ0v) is 16.6. The highest BCUT2D eigenvalue weighted by Crippen LogP contribution is 2.25. The number of aryl methyl sites for hydroxylation is 2. The molecule has 0 aliphatic heterocycles. The topological polar surface area (TPSA) is 98.0 Å². The van der Waals surface area contributed by atoms with Crippen molar-refractivity contribution in [2.75, 3.05) is 4.72 Å². The molecule has 0 radical (unpaired) electrons. The Hall–Kier alpha value is -3.52. The summed E-state index contributed by atoms with van der Waals surface area (Å²) in [6.45, 7) is 3.86. The van der Waals surface area contributed by atoms with Gasteiger partial charge in [-0.25, -0.2) is 13.4 Å². The van der Waals surface area contributed by atoms with Crippen LogP contribution < -0.4 is 4.72 Å². The van der Waals surface area contributed by atoms with Gasteiger partial charge in [0, 0.05) is 17.3 Å². The van der Waals surface area contributed by atoms with Crippen LogP contribution in [0.25, 0.3) is 22.8 Å². The number of hydrogen-bond donors (Lipinski definition) is 1. The van der Waals surface area contributed by atoms with E-state index in [4.69, 9.17) is 4.52 Å². The molecule has 4 rings (SSSR count). The van der Waals surface area contributed by atoms with Crippen LogP contribution in [0.1, 0.15) is 11.1 Å². The smallest absolute Gasteiger partial charge is 0.263 e. The molecular weight excluding hydrogens is 388 g/mol. The highest BCUT2D eigenvalue weighted by Gasteiger charge is 2.18. The Bertz CT molecular complexity index is 1270. The van der Waals surface area contributed by atoms with E-state index in [2.05, 4.69) is 19.8 Å². The zero-order chi connectivity index (χ0) is 20.4. The minimum atomic E-state index is -3.81. The van der Waals surface area contributed by atoms with Crippen LogP contribution in [0.4, 0.5) is 5.82 Å². The fourth-order valence-corrected chi connectivity index (χ4v) is 3.79. The second kappa shape index (κ2) is 7.48. The van der Waals surface area contributed by atoms with Crippen molar-refractivity contribution in [3.63, 3.8) is 0 Å². The SMILES string of the molecule is Cc1ccc(-c2noc(-c3cccc(S(=O)(=O)Nc4cc(C)ccn4)c3)n2)cc1. The average molecular weight is 406 g/mol. The minimum Gasteiger partial charge on any atom is -0.334 e. The van der Waals surface area contributed by atoms with Gasteiger partial charge < -0.3 is 4.52 Å². The highest BCUT2D eigenvalue weighted by molar-refractivity contribution is 7.92. The molecule has 8 heteroatoms. The summed E-state index contributed by atoms with van der Waals surface area (Å²) in [7, 11) is -3.81. The Balaban J connectivity index is 1.63. The van der Waals surface area contributed by atoms with Crippen molar-refractivity contribution in [2.45, 2.75) is 18.7 Å². The van der Waals surface area contributed by atoms with Gasteiger partial charge in [-0.05, 0) is 49.7 Å². The summed E-state index contributed by atoms with van der Waals surface area (Å²) in [5, 5.41) is 4.00. The summed E-state index contributed by atoms with van der Waals surface area (Å²) in [6.07, 6.45) is 1.55. The van der Waals surface area contributed by atoms with Crippen LogP contribution in [-0.4, -0.2) is 23.5 Å². The second-order valence-electron chi connectivity index (χ2n) is 6.64. The molecule has 0 amide bonds. The van der Waals surface area contributed by atoms with Crippen molar-refractivity contribution < 1.29 is 12.9 Å². The van der Waals surface area contributed by atoms with Gasteiger partial charge in [0.15, 0.2) is 0 Å². The van der Waals surface area contributed by atoms with E-state index in [0.717, 1.165) is 16.7 Å². The molecule has 0 spiro atoms. The third-order valence-electron chi connectivity index (χ3n) is 4.28. The third kappa shape index (κ3) is 4.17. The summed E-state index contributed by atoms with van der Waals surface area (Å²) >= 11 is 0. The lowest BCUT2D eigenvalue weighted by molar-refractivity contribution is 0.432. The predicted octanol–water partition coefficient (Wildman–Crippen LogP) is 4.22. The van der Waals surface area contributed by atoms with E-state index in [9.17, 15) is 8.42 Å². The molecule has 1 N–H and O–H groups in total. The minimum absolute atomic E-state index is 0.0772. The van der Waals surface area contributed by atoms with Crippen LogP contribution >= 0.6 is 0 Å². The number of pyridine rings is 1. The van der Waals surface area contributed by atoms with Crippen LogP contribution in [0, 0.1) is 13.8 Å². The van der Waals surface area contributed by atoms with Crippen molar-refractivity contribution in [3.05, 3.63) is 78.0 Å². The fourth-order valence-electron chi connectivity index (χ4n) is 2.75. The number of nitrogens with zero attached hydrogens (tertiary/aromatic N) is 3. The molecule has 2 heterocycles. The van der Waals surface area contributed by atoms with Crippen molar-refractivity contribution in [2.24, 2.45) is 0 Å². The number of aromatic nitrogens is 3. The van der Waals surface area contributed by atoms with Gasteiger partial charge in [0.1, 0.15) is 5.82 Å². The molecule has 7 nitrogen and oxygen atoms in total. The van der Waals surface area contributed by atoms with E-state index < -0.39 is 10.0 Å². The largest absolute Gasteiger partial charge is 0.334 e. The Morgan fingerprint density at radius 2 is 1.69 bits per heavy atom. The van der Waals surface area contributed by atoms with Crippen molar-refractivity contribution in [3.8, 4) is 22.8 Å². The second-order valence-corrected chi connectivity index (χ2v) is 8.32. The zero-order valence-electron chi connectivity index (χ0n) is 15.8. The summed E-state index contributed by atoms with van der Waals surface area (Å²) in [5.74, 6) is 0.941. The molecule has 2 aromatic carbocycles. The Morgan fingerprint density at radius 3 is 2.45 bits per heavy atom. The molecule has 0 fully saturated rings. The molecule has 29 heavy (non-hydrogen) atoms. The summed E-state index contributed by atoms with van der Waals surface area (Å²) in [4.78, 5) is 8.51. The van der Waals surface area contributed by atoms with Gasteiger partial charge in [-0.2, -0.15) is 4.98 Å². The normalized spacial score (nSPS) is 11.4. The molecule has 146 valence electrons. The molecule has 0 saturated heterocycles. The van der Waals surface area contributed by atoms with E-state index in [1.165, 1.54) is 12.1 Å². The van der Waals surface area contributed by atoms with Crippen molar-refractivity contribution >= 4 is 15.8 Å². The maximum atomic E-state index is 12.7. The molecule has 0 unspecified atom stereocenters. The summed E-state index contributed by atoms with van der Waals surface area (Å²) in [5.41, 5.74) is 3.37. The number of anilines is 1. The molecule has 2 aromatic heterocycles. The number of benzene rings is 2. The van der Waals surface area contributed by atoms with Gasteiger partial charge in [0.2, 0.25) is 5.82 Å². The van der Waals surface area contributed by atoms with Crippen LogP contribution in [0.5, 0.6) is 0 Å². The third-order valence-corrected chi connectivity index (χ3v) is 5.63. The molecular formula is C21H18N4O3S. The maximum absolute atomic E-state index is 12.7. The molecule has 0 atom stereocenters. The lowest BCUT2D eigenvalue weighted by atomic mass is 10.1. The van der Waals surface area contributed by atoms with E-state index >= 15 is 0 Å². The molecule has 0 aliphatic carbocycles. The molecule has 0 saturated carbocycles. The first-order valence-electron chi connectivity index (χ1n) is 8.87. The first kappa shape index (κ1) is 18.8. The standard InChI is InChI=1S/C21H18N4O3S/c1-14-6-8-16(9-7-14)20-23-21(28-24-20)17-4-3-5-18(13-17)29(26,27)25-19-12-15(2)10-11-22-19/h3-13H,1-2H3,(H,22,25). The van der Waals surface area contributed by atoms with Crippen molar-refractivity contribution in [1.29, 1.82) is 0 Å². The van der Waals surface area contributed by atoms with Gasteiger partial charge in [-0.15, -0.1) is 0 Å². The van der Waals surface area contributed by atoms with E-state index in [1.807, 2.05) is 38.1 Å². The van der Waals surface area contributed by atoms with Crippen LogP contribution in [0.2, 0.25) is 0 Å².